The van der Waals surface area contributed by atoms with Gasteiger partial charge in [-0.25, -0.2) is 0 Å². The summed E-state index contributed by atoms with van der Waals surface area (Å²) < 4.78 is 0. The van der Waals surface area contributed by atoms with Crippen LogP contribution < -0.4 is 15.5 Å². The highest BCUT2D eigenvalue weighted by molar-refractivity contribution is 6.02. The molecule has 0 saturated heterocycles. The first-order valence-corrected chi connectivity index (χ1v) is 8.99. The molecule has 1 aliphatic rings. The highest BCUT2D eigenvalue weighted by atomic mass is 16.2. The Labute approximate surface area is 154 Å². The molecule has 0 bridgehead atoms. The quantitative estimate of drug-likeness (QED) is 0.805. The summed E-state index contributed by atoms with van der Waals surface area (Å²) in [6.45, 7) is 0. The number of rotatable bonds is 7. The number of anilines is 2. The summed E-state index contributed by atoms with van der Waals surface area (Å²) in [6, 6.07) is 15.7. The molecule has 2 aromatic rings. The summed E-state index contributed by atoms with van der Waals surface area (Å²) in [5.41, 5.74) is 3.21. The lowest BCUT2D eigenvalue weighted by molar-refractivity contribution is -0.116. The molecule has 5 nitrogen and oxygen atoms in total. The Kier molecular flexibility index (Phi) is 5.56. The maximum atomic E-state index is 12.5. The second-order valence-corrected chi connectivity index (χ2v) is 6.91. The van der Waals surface area contributed by atoms with Crippen LogP contribution in [0.2, 0.25) is 0 Å². The van der Waals surface area contributed by atoms with Gasteiger partial charge in [-0.3, -0.25) is 9.59 Å². The monoisotopic (exact) mass is 351 g/mol. The number of nitrogens with zero attached hydrogens (tertiary/aromatic N) is 1. The Morgan fingerprint density at radius 2 is 1.81 bits per heavy atom. The summed E-state index contributed by atoms with van der Waals surface area (Å²) in [4.78, 5) is 26.7. The zero-order valence-corrected chi connectivity index (χ0v) is 15.3. The van der Waals surface area contributed by atoms with Crippen molar-refractivity contribution in [1.82, 2.24) is 5.32 Å². The molecule has 2 amide bonds. The molecule has 5 heteroatoms. The Balaban J connectivity index is 1.66. The third kappa shape index (κ3) is 4.85. The molecule has 0 atom stereocenters. The second-order valence-electron chi connectivity index (χ2n) is 6.91. The van der Waals surface area contributed by atoms with Gasteiger partial charge in [0.25, 0.3) is 5.91 Å². The number of nitrogens with one attached hydrogen (secondary N) is 2. The normalized spacial score (nSPS) is 13.2. The van der Waals surface area contributed by atoms with Gasteiger partial charge in [-0.1, -0.05) is 30.3 Å². The van der Waals surface area contributed by atoms with Crippen molar-refractivity contribution in [3.63, 3.8) is 0 Å². The first kappa shape index (κ1) is 18.0. The fourth-order valence-corrected chi connectivity index (χ4v) is 2.80. The van der Waals surface area contributed by atoms with Crippen molar-refractivity contribution in [3.05, 3.63) is 59.7 Å². The van der Waals surface area contributed by atoms with E-state index in [9.17, 15) is 9.59 Å². The third-order valence-electron chi connectivity index (χ3n) is 4.40. The SMILES string of the molecule is CN(C)c1ccc(NC(=O)CCc2ccccc2)cc1C(=O)NC1CC1. The second kappa shape index (κ2) is 8.04. The van der Waals surface area contributed by atoms with Crippen molar-refractivity contribution in [2.24, 2.45) is 0 Å². The number of carbonyl (C=O) groups excluding carboxylic acids is 2. The van der Waals surface area contributed by atoms with E-state index in [1.807, 2.05) is 61.5 Å². The fourth-order valence-electron chi connectivity index (χ4n) is 2.80. The zero-order chi connectivity index (χ0) is 18.5. The van der Waals surface area contributed by atoms with Crippen molar-refractivity contribution in [2.75, 3.05) is 24.3 Å². The summed E-state index contributed by atoms with van der Waals surface area (Å²) in [5, 5.41) is 5.92. The van der Waals surface area contributed by atoms with E-state index >= 15 is 0 Å². The van der Waals surface area contributed by atoms with Gasteiger partial charge in [0.2, 0.25) is 5.91 Å². The third-order valence-corrected chi connectivity index (χ3v) is 4.40. The molecule has 0 aliphatic heterocycles. The predicted molar refractivity (Wildman–Crippen MR) is 105 cm³/mol. The lowest BCUT2D eigenvalue weighted by Gasteiger charge is -2.18. The zero-order valence-electron chi connectivity index (χ0n) is 15.3. The van der Waals surface area contributed by atoms with Crippen LogP contribution in [0.15, 0.2) is 48.5 Å². The van der Waals surface area contributed by atoms with Gasteiger partial charge in [-0.05, 0) is 43.0 Å². The van der Waals surface area contributed by atoms with Crippen LogP contribution in [0.1, 0.15) is 35.2 Å². The Hall–Kier alpha value is -2.82. The van der Waals surface area contributed by atoms with E-state index in [-0.39, 0.29) is 11.8 Å². The van der Waals surface area contributed by atoms with Gasteiger partial charge in [0.1, 0.15) is 0 Å². The van der Waals surface area contributed by atoms with E-state index < -0.39 is 0 Å². The summed E-state index contributed by atoms with van der Waals surface area (Å²) in [6.07, 6.45) is 3.18. The van der Waals surface area contributed by atoms with E-state index in [1.54, 1.807) is 6.07 Å². The maximum absolute atomic E-state index is 12.5. The van der Waals surface area contributed by atoms with Gasteiger partial charge in [-0.15, -0.1) is 0 Å². The van der Waals surface area contributed by atoms with Gasteiger partial charge in [-0.2, -0.15) is 0 Å². The summed E-state index contributed by atoms with van der Waals surface area (Å²) >= 11 is 0. The van der Waals surface area contributed by atoms with Gasteiger partial charge in [0.05, 0.1) is 5.56 Å². The molecule has 0 radical (unpaired) electrons. The van der Waals surface area contributed by atoms with Crippen LogP contribution in [0.25, 0.3) is 0 Å². The fraction of sp³-hybridized carbons (Fsp3) is 0.333. The molecule has 136 valence electrons. The number of benzene rings is 2. The highest BCUT2D eigenvalue weighted by Gasteiger charge is 2.25. The van der Waals surface area contributed by atoms with Crippen LogP contribution in [0.3, 0.4) is 0 Å². The van der Waals surface area contributed by atoms with Gasteiger partial charge in [0, 0.05) is 37.9 Å². The van der Waals surface area contributed by atoms with E-state index in [2.05, 4.69) is 10.6 Å². The van der Waals surface area contributed by atoms with E-state index in [0.717, 1.165) is 24.1 Å². The minimum atomic E-state index is -0.0865. The number of carbonyl (C=O) groups is 2. The van der Waals surface area contributed by atoms with Gasteiger partial charge >= 0.3 is 0 Å². The summed E-state index contributed by atoms with van der Waals surface area (Å²) in [7, 11) is 3.81. The number of aryl methyl sites for hydroxylation is 1. The molecule has 3 rings (SSSR count). The first-order valence-electron chi connectivity index (χ1n) is 8.99. The lowest BCUT2D eigenvalue weighted by Crippen LogP contribution is -2.27. The largest absolute Gasteiger partial charge is 0.377 e. The average molecular weight is 351 g/mol. The van der Waals surface area contributed by atoms with E-state index in [4.69, 9.17) is 0 Å². The van der Waals surface area contributed by atoms with Crippen molar-refractivity contribution in [2.45, 2.75) is 31.7 Å². The number of amides is 2. The molecule has 0 unspecified atom stereocenters. The maximum Gasteiger partial charge on any atom is 0.253 e. The molecule has 0 spiro atoms. The molecule has 0 aromatic heterocycles. The topological polar surface area (TPSA) is 61.4 Å². The molecular weight excluding hydrogens is 326 g/mol. The molecule has 2 aromatic carbocycles. The summed E-state index contributed by atoms with van der Waals surface area (Å²) in [5.74, 6) is -0.142. The Bertz CT molecular complexity index is 783. The standard InChI is InChI=1S/C21H25N3O2/c1-24(2)19-12-11-17(14-18(19)21(26)23-16-9-10-16)22-20(25)13-8-15-6-4-3-5-7-15/h3-7,11-12,14,16H,8-10,13H2,1-2H3,(H,22,25)(H,23,26). The highest BCUT2D eigenvalue weighted by Crippen LogP contribution is 2.25. The average Bonchev–Trinajstić information content (AvgIpc) is 3.44. The lowest BCUT2D eigenvalue weighted by atomic mass is 10.1. The van der Waals surface area contributed by atoms with Crippen molar-refractivity contribution >= 4 is 23.2 Å². The van der Waals surface area contributed by atoms with Crippen LogP contribution in [-0.2, 0) is 11.2 Å². The van der Waals surface area contributed by atoms with Crippen LogP contribution in [-0.4, -0.2) is 32.0 Å². The molecule has 1 saturated carbocycles. The van der Waals surface area contributed by atoms with Crippen LogP contribution in [0, 0.1) is 0 Å². The van der Waals surface area contributed by atoms with Crippen molar-refractivity contribution in [3.8, 4) is 0 Å². The van der Waals surface area contributed by atoms with Crippen molar-refractivity contribution < 1.29 is 9.59 Å². The van der Waals surface area contributed by atoms with Crippen LogP contribution >= 0.6 is 0 Å². The van der Waals surface area contributed by atoms with Gasteiger partial charge < -0.3 is 15.5 Å². The van der Waals surface area contributed by atoms with E-state index in [0.29, 0.717) is 30.1 Å². The molecule has 26 heavy (non-hydrogen) atoms. The van der Waals surface area contributed by atoms with E-state index in [1.165, 1.54) is 0 Å². The molecule has 1 fully saturated rings. The molecule has 0 heterocycles. The molecule has 2 N–H and O–H groups in total. The molecular formula is C21H25N3O2. The molecule has 1 aliphatic carbocycles. The van der Waals surface area contributed by atoms with Crippen LogP contribution in [0.5, 0.6) is 0 Å². The van der Waals surface area contributed by atoms with Crippen LogP contribution in [0.4, 0.5) is 11.4 Å². The Morgan fingerprint density at radius 1 is 1.08 bits per heavy atom. The number of hydrogen-bond donors (Lipinski definition) is 2. The minimum absolute atomic E-state index is 0.0555. The van der Waals surface area contributed by atoms with Crippen molar-refractivity contribution in [1.29, 1.82) is 0 Å². The minimum Gasteiger partial charge on any atom is -0.377 e. The smallest absolute Gasteiger partial charge is 0.253 e. The predicted octanol–water partition coefficient (Wildman–Crippen LogP) is 3.22. The first-order chi connectivity index (χ1) is 12.5. The Morgan fingerprint density at radius 3 is 2.46 bits per heavy atom. The van der Waals surface area contributed by atoms with Gasteiger partial charge in [0.15, 0.2) is 0 Å². The number of hydrogen-bond acceptors (Lipinski definition) is 3.